The van der Waals surface area contributed by atoms with Crippen molar-refractivity contribution in [2.45, 2.75) is 42.4 Å². The van der Waals surface area contributed by atoms with Crippen molar-refractivity contribution in [1.82, 2.24) is 0 Å². The molecule has 5 rings (SSSR count). The molecule has 2 radical (unpaired) electrons. The van der Waals surface area contributed by atoms with Gasteiger partial charge in [0.15, 0.2) is 18.1 Å². The first-order valence-electron chi connectivity index (χ1n) is 16.6. The number of benzene rings is 5. The first-order valence-corrected chi connectivity index (χ1v) is 20.0. The minimum absolute atomic E-state index is 0. The predicted molar refractivity (Wildman–Crippen MR) is 217 cm³/mol. The van der Waals surface area contributed by atoms with Crippen LogP contribution >= 0.6 is 11.6 Å². The van der Waals surface area contributed by atoms with E-state index in [2.05, 4.69) is 27.8 Å². The van der Waals surface area contributed by atoms with Crippen LogP contribution in [-0.4, -0.2) is 114 Å². The standard InChI is InChI=1S/C37H35ClN4O11S2.2Na/c1-2-3-4-8-23-13-15-25(16-14-23)53-30-12-6-5-11-28(30)41-42-36-32(55(49,50)51)20-27-31(54(46,47)48)18-17-29(35(27)37(36)45)40-34(44)22-52-26-10-7-9-24(19-26)39-33(43)21-38;;/h5-7,9-20,45H,2-4,8,21-22H2,1H3,(H,39,43)(H,40,44)(H,46,47,48)(H,49,50,51);;. The van der Waals surface area contributed by atoms with Crippen LogP contribution < -0.4 is 20.1 Å². The molecule has 15 nitrogen and oxygen atoms in total. The van der Waals surface area contributed by atoms with Crippen LogP contribution in [0.2, 0.25) is 0 Å². The van der Waals surface area contributed by atoms with E-state index in [1.165, 1.54) is 18.2 Å². The molecular formula is C37H35ClN4Na2O11S2. The molecule has 0 saturated heterocycles. The predicted octanol–water partition coefficient (Wildman–Crippen LogP) is 7.41. The molecule has 0 saturated carbocycles. The Labute approximate surface area is 378 Å². The first-order chi connectivity index (χ1) is 26.2. The summed E-state index contributed by atoms with van der Waals surface area (Å²) in [6.07, 6.45) is 4.19. The molecule has 57 heavy (non-hydrogen) atoms. The van der Waals surface area contributed by atoms with E-state index in [-0.39, 0.29) is 87.9 Å². The van der Waals surface area contributed by atoms with Gasteiger partial charge in [-0.25, -0.2) is 0 Å². The van der Waals surface area contributed by atoms with Gasteiger partial charge in [-0.2, -0.15) is 16.8 Å². The van der Waals surface area contributed by atoms with Gasteiger partial charge in [-0.05, 0) is 73.0 Å². The Morgan fingerprint density at radius 1 is 0.772 bits per heavy atom. The fourth-order valence-electron chi connectivity index (χ4n) is 5.41. The van der Waals surface area contributed by atoms with Crippen LogP contribution in [0, 0.1) is 0 Å². The second kappa shape index (κ2) is 21.4. The van der Waals surface area contributed by atoms with Crippen molar-refractivity contribution in [2.75, 3.05) is 23.1 Å². The molecule has 2 amide bonds. The Morgan fingerprint density at radius 2 is 1.47 bits per heavy atom. The molecule has 0 atom stereocenters. The third-order valence-corrected chi connectivity index (χ3v) is 9.98. The van der Waals surface area contributed by atoms with Crippen molar-refractivity contribution >= 4 is 136 Å². The Morgan fingerprint density at radius 3 is 2.14 bits per heavy atom. The number of alkyl halides is 1. The molecule has 0 bridgehead atoms. The van der Waals surface area contributed by atoms with Crippen LogP contribution in [-0.2, 0) is 36.2 Å². The van der Waals surface area contributed by atoms with E-state index in [9.17, 15) is 40.6 Å². The zero-order valence-electron chi connectivity index (χ0n) is 31.1. The number of fused-ring (bicyclic) bond motifs is 1. The van der Waals surface area contributed by atoms with Crippen LogP contribution in [0.25, 0.3) is 10.8 Å². The number of halogens is 1. The summed E-state index contributed by atoms with van der Waals surface area (Å²) in [5.74, 6) is -1.73. The summed E-state index contributed by atoms with van der Waals surface area (Å²) in [7, 11) is -10.3. The van der Waals surface area contributed by atoms with Crippen molar-refractivity contribution in [2.24, 2.45) is 10.2 Å². The number of amides is 2. The van der Waals surface area contributed by atoms with Gasteiger partial charge in [0, 0.05) is 76.3 Å². The van der Waals surface area contributed by atoms with E-state index in [0.29, 0.717) is 17.5 Å². The monoisotopic (exact) mass is 856 g/mol. The van der Waals surface area contributed by atoms with Gasteiger partial charge in [0.2, 0.25) is 5.91 Å². The van der Waals surface area contributed by atoms with Gasteiger partial charge in [-0.3, -0.25) is 18.7 Å². The Hall–Kier alpha value is -3.59. The van der Waals surface area contributed by atoms with Crippen LogP contribution in [0.15, 0.2) is 111 Å². The number of nitrogens with zero attached hydrogens (tertiary/aromatic N) is 2. The molecule has 5 N–H and O–H groups in total. The molecule has 290 valence electrons. The fourth-order valence-corrected chi connectivity index (χ4v) is 6.80. The molecule has 0 aliphatic heterocycles. The third kappa shape index (κ3) is 13.0. The quantitative estimate of drug-likeness (QED) is 0.0216. The Kier molecular flexibility index (Phi) is 18.0. The van der Waals surface area contributed by atoms with Gasteiger partial charge < -0.3 is 25.2 Å². The number of carbonyl (C=O) groups excluding carboxylic acids is 2. The van der Waals surface area contributed by atoms with Crippen LogP contribution in [0.3, 0.4) is 0 Å². The average molecular weight is 857 g/mol. The van der Waals surface area contributed by atoms with Gasteiger partial charge in [0.25, 0.3) is 26.1 Å². The largest absolute Gasteiger partial charge is 0.505 e. The number of unbranched alkanes of at least 4 members (excludes halogenated alkanes) is 2. The van der Waals surface area contributed by atoms with Crippen LogP contribution in [0.1, 0.15) is 31.7 Å². The molecule has 0 aliphatic rings. The minimum Gasteiger partial charge on any atom is -0.505 e. The zero-order chi connectivity index (χ0) is 39.8. The van der Waals surface area contributed by atoms with Gasteiger partial charge >= 0.3 is 0 Å². The maximum Gasteiger partial charge on any atom is 0.296 e. The van der Waals surface area contributed by atoms with Gasteiger partial charge in [-0.15, -0.1) is 21.8 Å². The maximum atomic E-state index is 13.1. The molecule has 5 aromatic carbocycles. The summed E-state index contributed by atoms with van der Waals surface area (Å²) < 4.78 is 81.6. The third-order valence-electron chi connectivity index (χ3n) is 7.96. The second-order valence-electron chi connectivity index (χ2n) is 12.0. The minimum atomic E-state index is -5.24. The number of hydrogen-bond donors (Lipinski definition) is 5. The summed E-state index contributed by atoms with van der Waals surface area (Å²) >= 11 is 5.53. The second-order valence-corrected chi connectivity index (χ2v) is 15.0. The maximum absolute atomic E-state index is 13.1. The molecule has 0 fully saturated rings. The van der Waals surface area contributed by atoms with E-state index in [4.69, 9.17) is 21.1 Å². The number of aromatic hydroxyl groups is 1. The van der Waals surface area contributed by atoms with E-state index in [1.807, 2.05) is 12.1 Å². The molecule has 0 heterocycles. The van der Waals surface area contributed by atoms with Crippen LogP contribution in [0.4, 0.5) is 22.7 Å². The van der Waals surface area contributed by atoms with E-state index >= 15 is 0 Å². The summed E-state index contributed by atoms with van der Waals surface area (Å²) in [5, 5.41) is 23.5. The van der Waals surface area contributed by atoms with Crippen molar-refractivity contribution in [3.63, 3.8) is 0 Å². The van der Waals surface area contributed by atoms with Crippen molar-refractivity contribution < 1.29 is 50.1 Å². The summed E-state index contributed by atoms with van der Waals surface area (Å²) in [6.45, 7) is 1.51. The van der Waals surface area contributed by atoms with E-state index in [0.717, 1.165) is 43.4 Å². The van der Waals surface area contributed by atoms with Gasteiger partial charge in [0.1, 0.15) is 38.5 Å². The number of nitrogens with one attached hydrogen (secondary N) is 2. The molecule has 0 spiro atoms. The summed E-state index contributed by atoms with van der Waals surface area (Å²) in [5.41, 5.74) is 0.489. The van der Waals surface area contributed by atoms with Gasteiger partial charge in [0.05, 0.1) is 11.1 Å². The first kappa shape index (κ1) is 47.8. The molecule has 0 aliphatic carbocycles. The fraction of sp³-hybridized carbons (Fsp3) is 0.189. The Bertz CT molecular complexity index is 2490. The summed E-state index contributed by atoms with van der Waals surface area (Å²) in [6, 6.07) is 22.4. The SMILES string of the molecule is CCCCCc1ccc(Oc2ccccc2N=Nc2c(S(=O)(=O)O)cc3c(S(=O)(=O)O)ccc(NC(=O)COc4cccc(NC(=O)CCl)c4)c3c2O)cc1.[Na].[Na]. The summed E-state index contributed by atoms with van der Waals surface area (Å²) in [4.78, 5) is 22.8. The molecule has 5 aromatic rings. The molecule has 0 unspecified atom stereocenters. The van der Waals surface area contributed by atoms with Gasteiger partial charge in [-0.1, -0.05) is 50.1 Å². The van der Waals surface area contributed by atoms with Crippen molar-refractivity contribution in [3.05, 3.63) is 96.6 Å². The number of phenols is 1. The Balaban J connectivity index is 0.00000435. The van der Waals surface area contributed by atoms with Crippen molar-refractivity contribution in [1.29, 1.82) is 0 Å². The number of para-hydroxylation sites is 1. The number of anilines is 2. The average Bonchev–Trinajstić information content (AvgIpc) is 3.14. The van der Waals surface area contributed by atoms with E-state index < -0.39 is 70.7 Å². The van der Waals surface area contributed by atoms with Crippen molar-refractivity contribution in [3.8, 4) is 23.0 Å². The number of azo groups is 1. The smallest absolute Gasteiger partial charge is 0.296 e. The number of carbonyl (C=O) groups is 2. The number of ether oxygens (including phenoxy) is 2. The molecular weight excluding hydrogens is 822 g/mol. The normalized spacial score (nSPS) is 11.4. The number of aryl methyl sites for hydroxylation is 1. The van der Waals surface area contributed by atoms with Crippen LogP contribution in [0.5, 0.6) is 23.0 Å². The molecule has 0 aromatic heterocycles. The number of rotatable bonds is 16. The molecule has 20 heteroatoms. The number of phenolic OH excluding ortho intramolecular Hbond substituents is 1. The topological polar surface area (TPSA) is 230 Å². The zero-order valence-corrected chi connectivity index (χ0v) is 37.5. The van der Waals surface area contributed by atoms with E-state index in [1.54, 1.807) is 42.5 Å². The number of hydrogen-bond acceptors (Lipinski definition) is 11.